The molecule has 23 heavy (non-hydrogen) atoms. The number of amides is 2. The first-order chi connectivity index (χ1) is 11.1. The van der Waals surface area contributed by atoms with Crippen LogP contribution in [0.1, 0.15) is 44.1 Å². The molecule has 0 unspecified atom stereocenters. The van der Waals surface area contributed by atoms with Crippen molar-refractivity contribution in [3.05, 3.63) is 35.6 Å². The van der Waals surface area contributed by atoms with E-state index in [1.807, 2.05) is 12.1 Å². The maximum absolute atomic E-state index is 13.9. The van der Waals surface area contributed by atoms with E-state index in [1.54, 1.807) is 6.07 Å². The summed E-state index contributed by atoms with van der Waals surface area (Å²) in [7, 11) is 0. The van der Waals surface area contributed by atoms with E-state index >= 15 is 0 Å². The van der Waals surface area contributed by atoms with Gasteiger partial charge in [-0.05, 0) is 56.1 Å². The van der Waals surface area contributed by atoms with E-state index in [9.17, 15) is 9.18 Å². The van der Waals surface area contributed by atoms with Crippen LogP contribution in [0.5, 0.6) is 0 Å². The van der Waals surface area contributed by atoms with Gasteiger partial charge in [0.25, 0.3) is 0 Å². The number of carbonyl (C=O) groups excluding carboxylic acids is 1. The molecular formula is C18H25FN2O2. The quantitative estimate of drug-likeness (QED) is 0.781. The number of rotatable bonds is 5. The summed E-state index contributed by atoms with van der Waals surface area (Å²) in [5, 5.41) is 15.1. The molecule has 1 aromatic carbocycles. The molecule has 2 amide bonds. The van der Waals surface area contributed by atoms with Gasteiger partial charge in [0.1, 0.15) is 5.82 Å². The van der Waals surface area contributed by atoms with Crippen molar-refractivity contribution in [2.75, 3.05) is 13.2 Å². The van der Waals surface area contributed by atoms with E-state index in [1.165, 1.54) is 6.07 Å². The summed E-state index contributed by atoms with van der Waals surface area (Å²) >= 11 is 0. The van der Waals surface area contributed by atoms with E-state index in [-0.39, 0.29) is 29.9 Å². The zero-order valence-electron chi connectivity index (χ0n) is 13.4. The van der Waals surface area contributed by atoms with Crippen LogP contribution in [0.3, 0.4) is 0 Å². The fraction of sp³-hybridized carbons (Fsp3) is 0.611. The number of hydrogen-bond donors (Lipinski definition) is 3. The highest BCUT2D eigenvalue weighted by Crippen LogP contribution is 2.48. The maximum Gasteiger partial charge on any atom is 0.315 e. The van der Waals surface area contributed by atoms with Crippen molar-refractivity contribution in [3.63, 3.8) is 0 Å². The molecule has 0 heterocycles. The molecule has 3 N–H and O–H groups in total. The minimum atomic E-state index is -0.225. The predicted octanol–water partition coefficient (Wildman–Crippen LogP) is 2.71. The van der Waals surface area contributed by atoms with E-state index in [4.69, 9.17) is 5.11 Å². The molecule has 0 saturated heterocycles. The summed E-state index contributed by atoms with van der Waals surface area (Å²) in [6.45, 7) is 0.718. The largest absolute Gasteiger partial charge is 0.396 e. The summed E-state index contributed by atoms with van der Waals surface area (Å²) in [5.74, 6) is 0.196. The Morgan fingerprint density at radius 1 is 1.22 bits per heavy atom. The molecule has 2 aliphatic carbocycles. The second-order valence-electron chi connectivity index (χ2n) is 6.99. The van der Waals surface area contributed by atoms with Gasteiger partial charge in [-0.2, -0.15) is 0 Å². The molecule has 0 aliphatic heterocycles. The number of carbonyl (C=O) groups is 1. The van der Waals surface area contributed by atoms with Crippen molar-refractivity contribution >= 4 is 6.03 Å². The molecule has 4 nitrogen and oxygen atoms in total. The number of aliphatic hydroxyl groups excluding tert-OH is 1. The van der Waals surface area contributed by atoms with Crippen LogP contribution in [0.25, 0.3) is 0 Å². The lowest BCUT2D eigenvalue weighted by Crippen LogP contribution is -2.46. The Morgan fingerprint density at radius 2 is 1.91 bits per heavy atom. The standard InChI is InChI=1S/C18H25FN2O2/c19-16-4-2-1-3-15(16)18(9-10-18)12-20-17(23)21-14-7-5-13(11-22)6-8-14/h1-4,13-14,22H,5-12H2,(H2,20,21,23). The highest BCUT2D eigenvalue weighted by atomic mass is 19.1. The highest BCUT2D eigenvalue weighted by Gasteiger charge is 2.46. The zero-order valence-corrected chi connectivity index (χ0v) is 13.4. The lowest BCUT2D eigenvalue weighted by molar-refractivity contribution is 0.174. The number of urea groups is 1. The third-order valence-electron chi connectivity index (χ3n) is 5.33. The summed E-state index contributed by atoms with van der Waals surface area (Å²) in [6, 6.07) is 6.85. The molecule has 0 spiro atoms. The van der Waals surface area contributed by atoms with Crippen LogP contribution in [-0.4, -0.2) is 30.3 Å². The van der Waals surface area contributed by atoms with Gasteiger partial charge in [0.05, 0.1) is 0 Å². The SMILES string of the molecule is O=C(NCC1(c2ccccc2F)CC1)NC1CCC(CO)CC1. The average Bonchev–Trinajstić information content (AvgIpc) is 3.35. The van der Waals surface area contributed by atoms with E-state index in [2.05, 4.69) is 10.6 Å². The van der Waals surface area contributed by atoms with Gasteiger partial charge in [-0.3, -0.25) is 0 Å². The van der Waals surface area contributed by atoms with Crippen LogP contribution in [0.4, 0.5) is 9.18 Å². The van der Waals surface area contributed by atoms with Gasteiger partial charge in [-0.25, -0.2) is 9.18 Å². The fourth-order valence-corrected chi connectivity index (χ4v) is 3.56. The summed E-state index contributed by atoms with van der Waals surface area (Å²) in [5.41, 5.74) is 0.487. The third kappa shape index (κ3) is 3.83. The Morgan fingerprint density at radius 3 is 2.52 bits per heavy atom. The molecule has 0 atom stereocenters. The predicted molar refractivity (Wildman–Crippen MR) is 86.7 cm³/mol. The number of hydrogen-bond acceptors (Lipinski definition) is 2. The van der Waals surface area contributed by atoms with Crippen molar-refractivity contribution in [2.45, 2.75) is 50.0 Å². The van der Waals surface area contributed by atoms with Crippen molar-refractivity contribution in [1.29, 1.82) is 0 Å². The van der Waals surface area contributed by atoms with Gasteiger partial charge in [-0.15, -0.1) is 0 Å². The van der Waals surface area contributed by atoms with E-state index in [0.717, 1.165) is 38.5 Å². The number of aliphatic hydroxyl groups is 1. The first-order valence-electron chi connectivity index (χ1n) is 8.53. The number of benzene rings is 1. The molecular weight excluding hydrogens is 295 g/mol. The van der Waals surface area contributed by atoms with Gasteiger partial charge in [-0.1, -0.05) is 18.2 Å². The van der Waals surface area contributed by atoms with Crippen molar-refractivity contribution in [1.82, 2.24) is 10.6 Å². The van der Waals surface area contributed by atoms with Gasteiger partial charge < -0.3 is 15.7 Å². The van der Waals surface area contributed by atoms with Crippen molar-refractivity contribution in [2.24, 2.45) is 5.92 Å². The van der Waals surface area contributed by atoms with E-state index < -0.39 is 0 Å². The van der Waals surface area contributed by atoms with Gasteiger partial charge >= 0.3 is 6.03 Å². The summed E-state index contributed by atoms with van der Waals surface area (Å²) < 4.78 is 13.9. The normalized spacial score (nSPS) is 25.7. The van der Waals surface area contributed by atoms with Gasteiger partial charge in [0, 0.05) is 24.6 Å². The minimum absolute atomic E-state index is 0.167. The lowest BCUT2D eigenvalue weighted by Gasteiger charge is -2.28. The Kier molecular flexibility index (Phi) is 4.85. The molecule has 126 valence electrons. The molecule has 1 aromatic rings. The second-order valence-corrected chi connectivity index (χ2v) is 6.99. The van der Waals surface area contributed by atoms with Crippen LogP contribution < -0.4 is 10.6 Å². The van der Waals surface area contributed by atoms with Crippen LogP contribution in [0.15, 0.2) is 24.3 Å². The zero-order chi connectivity index (χ0) is 16.3. The third-order valence-corrected chi connectivity index (χ3v) is 5.33. The lowest BCUT2D eigenvalue weighted by atomic mass is 9.87. The molecule has 0 radical (unpaired) electrons. The molecule has 2 fully saturated rings. The van der Waals surface area contributed by atoms with Crippen LogP contribution in [-0.2, 0) is 5.41 Å². The topological polar surface area (TPSA) is 61.4 Å². The molecule has 2 aliphatic rings. The van der Waals surface area contributed by atoms with Crippen LogP contribution >= 0.6 is 0 Å². The Bertz CT molecular complexity index is 552. The van der Waals surface area contributed by atoms with Gasteiger partial charge in [0.2, 0.25) is 0 Å². The Balaban J connectivity index is 1.47. The molecule has 3 rings (SSSR count). The molecule has 0 bridgehead atoms. The van der Waals surface area contributed by atoms with Crippen LogP contribution in [0, 0.1) is 11.7 Å². The smallest absolute Gasteiger partial charge is 0.315 e. The minimum Gasteiger partial charge on any atom is -0.396 e. The van der Waals surface area contributed by atoms with Crippen LogP contribution in [0.2, 0.25) is 0 Å². The highest BCUT2D eigenvalue weighted by molar-refractivity contribution is 5.74. The maximum atomic E-state index is 13.9. The molecule has 2 saturated carbocycles. The fourth-order valence-electron chi connectivity index (χ4n) is 3.56. The monoisotopic (exact) mass is 320 g/mol. The number of halogens is 1. The molecule has 0 aromatic heterocycles. The van der Waals surface area contributed by atoms with Crippen molar-refractivity contribution in [3.8, 4) is 0 Å². The Labute approximate surface area is 136 Å². The number of nitrogens with one attached hydrogen (secondary N) is 2. The summed E-state index contributed by atoms with van der Waals surface area (Å²) in [4.78, 5) is 12.1. The van der Waals surface area contributed by atoms with E-state index in [0.29, 0.717) is 18.0 Å². The van der Waals surface area contributed by atoms with Crippen molar-refractivity contribution < 1.29 is 14.3 Å². The average molecular weight is 320 g/mol. The Hall–Kier alpha value is -1.62. The first kappa shape index (κ1) is 16.2. The summed E-state index contributed by atoms with van der Waals surface area (Å²) in [6.07, 6.45) is 5.57. The molecule has 5 heteroatoms. The first-order valence-corrected chi connectivity index (χ1v) is 8.53. The van der Waals surface area contributed by atoms with Gasteiger partial charge in [0.15, 0.2) is 0 Å². The second kappa shape index (κ2) is 6.87.